The fourth-order valence-corrected chi connectivity index (χ4v) is 1.93. The Morgan fingerprint density at radius 2 is 1.47 bits per heavy atom. The van der Waals surface area contributed by atoms with Gasteiger partial charge < -0.3 is 5.11 Å². The molecule has 0 spiro atoms. The number of halogens is 2. The molecule has 0 aromatic heterocycles. The van der Waals surface area contributed by atoms with Gasteiger partial charge in [0.05, 0.1) is 16.1 Å². The van der Waals surface area contributed by atoms with E-state index in [1.165, 1.54) is 0 Å². The number of hydrogen-bond acceptors (Lipinski definition) is 1. The molecule has 0 radical (unpaired) electrons. The maximum Gasteiger partial charge on any atom is 0.0761 e. The van der Waals surface area contributed by atoms with Crippen LogP contribution in [0.1, 0.15) is 18.6 Å². The summed E-state index contributed by atoms with van der Waals surface area (Å²) in [5.41, 5.74) is 2.96. The van der Waals surface area contributed by atoms with Gasteiger partial charge in [-0.15, -0.1) is 0 Å². The second-order valence-electron chi connectivity index (χ2n) is 3.93. The van der Waals surface area contributed by atoms with Gasteiger partial charge in [0.2, 0.25) is 0 Å². The largest absolute Gasteiger partial charge is 0.389 e. The predicted molar refractivity (Wildman–Crippen MR) is 72.5 cm³/mol. The second kappa shape index (κ2) is 5.09. The monoisotopic (exact) mass is 266 g/mol. The van der Waals surface area contributed by atoms with Crippen molar-refractivity contribution in [2.24, 2.45) is 0 Å². The highest BCUT2D eigenvalue weighted by atomic mass is 35.5. The van der Waals surface area contributed by atoms with E-state index in [2.05, 4.69) is 0 Å². The molecule has 88 valence electrons. The van der Waals surface area contributed by atoms with E-state index >= 15 is 0 Å². The lowest BCUT2D eigenvalue weighted by Gasteiger charge is -2.07. The third-order valence-electron chi connectivity index (χ3n) is 2.65. The summed E-state index contributed by atoms with van der Waals surface area (Å²) >= 11 is 11.8. The first kappa shape index (κ1) is 12.4. The van der Waals surface area contributed by atoms with Gasteiger partial charge in [0, 0.05) is 0 Å². The molecule has 1 unspecified atom stereocenters. The second-order valence-corrected chi connectivity index (χ2v) is 4.74. The zero-order valence-electron chi connectivity index (χ0n) is 9.32. The summed E-state index contributed by atoms with van der Waals surface area (Å²) in [7, 11) is 0. The van der Waals surface area contributed by atoms with Gasteiger partial charge in [-0.25, -0.2) is 0 Å². The maximum atomic E-state index is 9.43. The molecule has 0 saturated carbocycles. The van der Waals surface area contributed by atoms with Crippen LogP contribution in [0.5, 0.6) is 0 Å². The fourth-order valence-electron chi connectivity index (χ4n) is 1.63. The van der Waals surface area contributed by atoms with Crippen LogP contribution < -0.4 is 0 Å². The van der Waals surface area contributed by atoms with E-state index in [1.807, 2.05) is 36.4 Å². The van der Waals surface area contributed by atoms with Crippen LogP contribution in [-0.4, -0.2) is 5.11 Å². The molecular weight excluding hydrogens is 255 g/mol. The fraction of sp³-hybridized carbons (Fsp3) is 0.143. The summed E-state index contributed by atoms with van der Waals surface area (Å²) in [6.07, 6.45) is -0.446. The summed E-state index contributed by atoms with van der Waals surface area (Å²) in [4.78, 5) is 0. The van der Waals surface area contributed by atoms with Gasteiger partial charge in [0.15, 0.2) is 0 Å². The topological polar surface area (TPSA) is 20.2 Å². The Morgan fingerprint density at radius 1 is 0.882 bits per heavy atom. The molecule has 0 amide bonds. The number of benzene rings is 2. The van der Waals surface area contributed by atoms with Crippen LogP contribution in [0.2, 0.25) is 10.0 Å². The van der Waals surface area contributed by atoms with Crippen LogP contribution in [0.3, 0.4) is 0 Å². The Hall–Kier alpha value is -1.02. The summed E-state index contributed by atoms with van der Waals surface area (Å²) in [5, 5.41) is 10.5. The van der Waals surface area contributed by atoms with Crippen LogP contribution in [-0.2, 0) is 0 Å². The van der Waals surface area contributed by atoms with E-state index in [0.717, 1.165) is 16.7 Å². The minimum Gasteiger partial charge on any atom is -0.389 e. The Bertz CT molecular complexity index is 518. The molecule has 3 heteroatoms. The minimum absolute atomic E-state index is 0.446. The van der Waals surface area contributed by atoms with Crippen molar-refractivity contribution < 1.29 is 5.11 Å². The van der Waals surface area contributed by atoms with Gasteiger partial charge in [0.25, 0.3) is 0 Å². The standard InChI is InChI=1S/C14H12Cl2O/c1-9(17)10-2-4-11(5-3-10)12-6-7-13(15)14(16)8-12/h2-9,17H,1H3. The van der Waals surface area contributed by atoms with E-state index in [1.54, 1.807) is 13.0 Å². The Balaban J connectivity index is 2.36. The Labute approximate surface area is 111 Å². The summed E-state index contributed by atoms with van der Waals surface area (Å²) in [5.74, 6) is 0. The van der Waals surface area contributed by atoms with E-state index in [0.29, 0.717) is 10.0 Å². The molecule has 0 fully saturated rings. The van der Waals surface area contributed by atoms with Gasteiger partial charge in [0.1, 0.15) is 0 Å². The molecule has 2 rings (SSSR count). The maximum absolute atomic E-state index is 9.43. The molecule has 0 heterocycles. The number of aliphatic hydroxyl groups is 1. The van der Waals surface area contributed by atoms with E-state index in [9.17, 15) is 5.11 Å². The van der Waals surface area contributed by atoms with Gasteiger partial charge in [-0.3, -0.25) is 0 Å². The van der Waals surface area contributed by atoms with Crippen molar-refractivity contribution in [3.8, 4) is 11.1 Å². The van der Waals surface area contributed by atoms with Gasteiger partial charge in [-0.2, -0.15) is 0 Å². The molecule has 0 saturated heterocycles. The molecule has 2 aromatic carbocycles. The van der Waals surface area contributed by atoms with Crippen LogP contribution in [0.15, 0.2) is 42.5 Å². The smallest absolute Gasteiger partial charge is 0.0761 e. The highest BCUT2D eigenvalue weighted by molar-refractivity contribution is 6.42. The minimum atomic E-state index is -0.446. The van der Waals surface area contributed by atoms with Gasteiger partial charge in [-0.05, 0) is 35.7 Å². The third-order valence-corrected chi connectivity index (χ3v) is 3.39. The molecular formula is C14H12Cl2O. The van der Waals surface area contributed by atoms with Crippen molar-refractivity contribution in [3.05, 3.63) is 58.1 Å². The van der Waals surface area contributed by atoms with Crippen molar-refractivity contribution in [3.63, 3.8) is 0 Å². The molecule has 17 heavy (non-hydrogen) atoms. The molecule has 0 aliphatic carbocycles. The Morgan fingerprint density at radius 3 is 2.00 bits per heavy atom. The summed E-state index contributed by atoms with van der Waals surface area (Å²) < 4.78 is 0. The van der Waals surface area contributed by atoms with Gasteiger partial charge in [-0.1, -0.05) is 53.5 Å². The molecule has 0 bridgehead atoms. The number of rotatable bonds is 2. The molecule has 2 aromatic rings. The van der Waals surface area contributed by atoms with E-state index < -0.39 is 6.10 Å². The molecule has 1 atom stereocenters. The highest BCUT2D eigenvalue weighted by Gasteiger charge is 2.04. The lowest BCUT2D eigenvalue weighted by atomic mass is 10.0. The number of aliphatic hydroxyl groups excluding tert-OH is 1. The Kier molecular flexibility index (Phi) is 3.72. The lowest BCUT2D eigenvalue weighted by molar-refractivity contribution is 0.199. The van der Waals surface area contributed by atoms with Crippen molar-refractivity contribution in [2.45, 2.75) is 13.0 Å². The normalized spacial score (nSPS) is 12.5. The first-order valence-electron chi connectivity index (χ1n) is 5.31. The van der Waals surface area contributed by atoms with Crippen LogP contribution >= 0.6 is 23.2 Å². The average Bonchev–Trinajstić information content (AvgIpc) is 2.33. The van der Waals surface area contributed by atoms with Crippen molar-refractivity contribution >= 4 is 23.2 Å². The molecule has 0 aliphatic rings. The quantitative estimate of drug-likeness (QED) is 0.835. The molecule has 1 nitrogen and oxygen atoms in total. The van der Waals surface area contributed by atoms with E-state index in [4.69, 9.17) is 23.2 Å². The predicted octanol–water partition coefficient (Wildman–Crippen LogP) is 4.71. The summed E-state index contributed by atoms with van der Waals surface area (Å²) in [6.45, 7) is 1.74. The highest BCUT2D eigenvalue weighted by Crippen LogP contribution is 2.29. The first-order chi connectivity index (χ1) is 8.08. The zero-order chi connectivity index (χ0) is 12.4. The summed E-state index contributed by atoms with van der Waals surface area (Å²) in [6, 6.07) is 13.3. The van der Waals surface area contributed by atoms with Crippen molar-refractivity contribution in [1.82, 2.24) is 0 Å². The third kappa shape index (κ3) is 2.81. The lowest BCUT2D eigenvalue weighted by Crippen LogP contribution is -1.90. The zero-order valence-corrected chi connectivity index (χ0v) is 10.8. The first-order valence-corrected chi connectivity index (χ1v) is 6.07. The van der Waals surface area contributed by atoms with Gasteiger partial charge >= 0.3 is 0 Å². The van der Waals surface area contributed by atoms with Crippen LogP contribution in [0.25, 0.3) is 11.1 Å². The number of hydrogen-bond donors (Lipinski definition) is 1. The van der Waals surface area contributed by atoms with Crippen molar-refractivity contribution in [2.75, 3.05) is 0 Å². The average molecular weight is 267 g/mol. The van der Waals surface area contributed by atoms with Crippen LogP contribution in [0, 0.1) is 0 Å². The van der Waals surface area contributed by atoms with Crippen LogP contribution in [0.4, 0.5) is 0 Å². The SMILES string of the molecule is CC(O)c1ccc(-c2ccc(Cl)c(Cl)c2)cc1. The molecule has 1 N–H and O–H groups in total. The van der Waals surface area contributed by atoms with Crippen molar-refractivity contribution in [1.29, 1.82) is 0 Å². The molecule has 0 aliphatic heterocycles. The van der Waals surface area contributed by atoms with E-state index in [-0.39, 0.29) is 0 Å².